The van der Waals surface area contributed by atoms with E-state index in [2.05, 4.69) is 10.6 Å². The summed E-state index contributed by atoms with van der Waals surface area (Å²) >= 11 is 0. The third kappa shape index (κ3) is 6.72. The molecule has 0 spiro atoms. The Kier molecular flexibility index (Phi) is 6.80. The third-order valence-corrected chi connectivity index (χ3v) is 3.06. The molecular formula is C8H18N2O2S. The van der Waals surface area contributed by atoms with Gasteiger partial charge < -0.3 is 10.6 Å². The van der Waals surface area contributed by atoms with E-state index in [1.54, 1.807) is 13.3 Å². The first-order valence-electron chi connectivity index (χ1n) is 4.31. The summed E-state index contributed by atoms with van der Waals surface area (Å²) in [6.45, 7) is 3.02. The molecule has 5 heteroatoms. The van der Waals surface area contributed by atoms with Crippen LogP contribution in [-0.2, 0) is 15.6 Å². The van der Waals surface area contributed by atoms with Gasteiger partial charge in [0, 0.05) is 41.8 Å². The largest absolute Gasteiger partial charge is 0.355 e. The van der Waals surface area contributed by atoms with Crippen molar-refractivity contribution < 1.29 is 9.00 Å². The van der Waals surface area contributed by atoms with Gasteiger partial charge in [-0.25, -0.2) is 0 Å². The Hall–Kier alpha value is -0.420. The van der Waals surface area contributed by atoms with Crippen LogP contribution in [0.1, 0.15) is 13.3 Å². The molecule has 0 aromatic heterocycles. The van der Waals surface area contributed by atoms with Gasteiger partial charge in [0.25, 0.3) is 0 Å². The van der Waals surface area contributed by atoms with Gasteiger partial charge in [0.05, 0.1) is 0 Å². The quantitative estimate of drug-likeness (QED) is 0.615. The van der Waals surface area contributed by atoms with Crippen LogP contribution in [-0.4, -0.2) is 41.8 Å². The van der Waals surface area contributed by atoms with E-state index in [9.17, 15) is 9.00 Å². The van der Waals surface area contributed by atoms with Crippen LogP contribution >= 0.6 is 0 Å². The maximum Gasteiger partial charge on any atom is 0.221 e. The van der Waals surface area contributed by atoms with Crippen LogP contribution in [0.25, 0.3) is 0 Å². The van der Waals surface area contributed by atoms with Crippen molar-refractivity contribution in [2.24, 2.45) is 0 Å². The molecule has 0 saturated heterocycles. The van der Waals surface area contributed by atoms with E-state index in [0.29, 0.717) is 19.5 Å². The minimum atomic E-state index is -0.863. The number of rotatable bonds is 6. The fourth-order valence-corrected chi connectivity index (χ4v) is 1.02. The van der Waals surface area contributed by atoms with E-state index in [0.717, 1.165) is 0 Å². The Morgan fingerprint density at radius 2 is 2.15 bits per heavy atom. The summed E-state index contributed by atoms with van der Waals surface area (Å²) in [7, 11) is 0.940. The van der Waals surface area contributed by atoms with Gasteiger partial charge in [-0.15, -0.1) is 0 Å². The van der Waals surface area contributed by atoms with Crippen LogP contribution in [0.2, 0.25) is 0 Å². The SMILES string of the molecule is CNCCC(=O)NCC(C)S(C)=O. The standard InChI is InChI=1S/C8H18N2O2S/c1-7(13(3)12)6-10-8(11)4-5-9-2/h7,9H,4-6H2,1-3H3,(H,10,11). The highest BCUT2D eigenvalue weighted by Crippen LogP contribution is 1.89. The maximum atomic E-state index is 11.1. The summed E-state index contributed by atoms with van der Waals surface area (Å²) in [5.74, 6) is 0.00616. The molecular weight excluding hydrogens is 188 g/mol. The monoisotopic (exact) mass is 206 g/mol. The minimum Gasteiger partial charge on any atom is -0.355 e. The van der Waals surface area contributed by atoms with Gasteiger partial charge in [0.2, 0.25) is 5.91 Å². The fraction of sp³-hybridized carbons (Fsp3) is 0.875. The van der Waals surface area contributed by atoms with Crippen LogP contribution in [0.15, 0.2) is 0 Å². The molecule has 0 heterocycles. The Bertz CT molecular complexity index is 185. The van der Waals surface area contributed by atoms with Crippen molar-refractivity contribution >= 4 is 16.7 Å². The van der Waals surface area contributed by atoms with E-state index in [4.69, 9.17) is 0 Å². The molecule has 0 radical (unpaired) electrons. The van der Waals surface area contributed by atoms with Crippen LogP contribution in [0, 0.1) is 0 Å². The summed E-state index contributed by atoms with van der Waals surface area (Å²) in [5.41, 5.74) is 0. The molecule has 78 valence electrons. The molecule has 4 nitrogen and oxygen atoms in total. The zero-order chi connectivity index (χ0) is 10.3. The van der Waals surface area contributed by atoms with Gasteiger partial charge in [-0.2, -0.15) is 0 Å². The average molecular weight is 206 g/mol. The number of nitrogens with one attached hydrogen (secondary N) is 2. The minimum absolute atomic E-state index is 0.00616. The Morgan fingerprint density at radius 3 is 2.62 bits per heavy atom. The topological polar surface area (TPSA) is 58.2 Å². The van der Waals surface area contributed by atoms with E-state index in [-0.39, 0.29) is 11.2 Å². The maximum absolute atomic E-state index is 11.1. The number of carbonyl (C=O) groups is 1. The van der Waals surface area contributed by atoms with Gasteiger partial charge in [-0.3, -0.25) is 9.00 Å². The molecule has 0 rings (SSSR count). The lowest BCUT2D eigenvalue weighted by molar-refractivity contribution is -0.120. The Morgan fingerprint density at radius 1 is 1.54 bits per heavy atom. The molecule has 2 atom stereocenters. The molecule has 0 aromatic carbocycles. The number of hydrogen-bond acceptors (Lipinski definition) is 3. The normalized spacial score (nSPS) is 15.0. The lowest BCUT2D eigenvalue weighted by atomic mass is 10.4. The summed E-state index contributed by atoms with van der Waals surface area (Å²) in [4.78, 5) is 11.1. The van der Waals surface area contributed by atoms with Crippen molar-refractivity contribution in [3.8, 4) is 0 Å². The zero-order valence-electron chi connectivity index (χ0n) is 8.42. The van der Waals surface area contributed by atoms with Crippen molar-refractivity contribution in [3.05, 3.63) is 0 Å². The molecule has 0 aromatic rings. The highest BCUT2D eigenvalue weighted by Gasteiger charge is 2.07. The first-order valence-corrected chi connectivity index (χ1v) is 5.93. The molecule has 0 aliphatic rings. The molecule has 0 aliphatic heterocycles. The van der Waals surface area contributed by atoms with Crippen molar-refractivity contribution in [1.29, 1.82) is 0 Å². The Balaban J connectivity index is 3.52. The molecule has 1 amide bonds. The predicted octanol–water partition coefficient (Wildman–Crippen LogP) is -0.521. The van der Waals surface area contributed by atoms with Crippen molar-refractivity contribution in [2.45, 2.75) is 18.6 Å². The third-order valence-electron chi connectivity index (χ3n) is 1.76. The van der Waals surface area contributed by atoms with Gasteiger partial charge in [-0.05, 0) is 14.0 Å². The number of amides is 1. The zero-order valence-corrected chi connectivity index (χ0v) is 9.24. The Labute approximate surface area is 81.9 Å². The van der Waals surface area contributed by atoms with Crippen molar-refractivity contribution in [2.75, 3.05) is 26.4 Å². The van der Waals surface area contributed by atoms with Crippen LogP contribution in [0.5, 0.6) is 0 Å². The molecule has 2 unspecified atom stereocenters. The molecule has 0 fully saturated rings. The predicted molar refractivity (Wildman–Crippen MR) is 55.1 cm³/mol. The molecule has 13 heavy (non-hydrogen) atoms. The second-order valence-corrected chi connectivity index (χ2v) is 4.77. The van der Waals surface area contributed by atoms with Crippen LogP contribution < -0.4 is 10.6 Å². The number of hydrogen-bond donors (Lipinski definition) is 2. The second-order valence-electron chi connectivity index (χ2n) is 2.97. The van der Waals surface area contributed by atoms with E-state index < -0.39 is 10.8 Å². The van der Waals surface area contributed by atoms with Crippen LogP contribution in [0.3, 0.4) is 0 Å². The van der Waals surface area contributed by atoms with Gasteiger partial charge in [0.1, 0.15) is 0 Å². The lowest BCUT2D eigenvalue weighted by Gasteiger charge is -2.09. The average Bonchev–Trinajstić information content (AvgIpc) is 2.10. The van der Waals surface area contributed by atoms with Gasteiger partial charge >= 0.3 is 0 Å². The second kappa shape index (κ2) is 7.03. The van der Waals surface area contributed by atoms with Gasteiger partial charge in [0.15, 0.2) is 0 Å². The van der Waals surface area contributed by atoms with E-state index in [1.165, 1.54) is 0 Å². The molecule has 0 aliphatic carbocycles. The number of carbonyl (C=O) groups excluding carboxylic acids is 1. The van der Waals surface area contributed by atoms with E-state index in [1.807, 2.05) is 6.92 Å². The summed E-state index contributed by atoms with van der Waals surface area (Å²) in [6, 6.07) is 0. The highest BCUT2D eigenvalue weighted by molar-refractivity contribution is 7.84. The van der Waals surface area contributed by atoms with Crippen molar-refractivity contribution in [3.63, 3.8) is 0 Å². The molecule has 0 bridgehead atoms. The smallest absolute Gasteiger partial charge is 0.221 e. The summed E-state index contributed by atoms with van der Waals surface area (Å²) in [5, 5.41) is 5.64. The fourth-order valence-electron chi connectivity index (χ4n) is 0.702. The van der Waals surface area contributed by atoms with E-state index >= 15 is 0 Å². The highest BCUT2D eigenvalue weighted by atomic mass is 32.2. The first-order chi connectivity index (χ1) is 6.07. The molecule has 0 saturated carbocycles. The lowest BCUT2D eigenvalue weighted by Crippen LogP contribution is -2.33. The summed E-state index contributed by atoms with van der Waals surface area (Å²) < 4.78 is 10.9. The van der Waals surface area contributed by atoms with Crippen LogP contribution in [0.4, 0.5) is 0 Å². The van der Waals surface area contributed by atoms with Crippen molar-refractivity contribution in [1.82, 2.24) is 10.6 Å². The summed E-state index contributed by atoms with van der Waals surface area (Å²) in [6.07, 6.45) is 2.12. The molecule has 2 N–H and O–H groups in total. The van der Waals surface area contributed by atoms with Gasteiger partial charge in [-0.1, -0.05) is 0 Å². The first kappa shape index (κ1) is 12.6.